The summed E-state index contributed by atoms with van der Waals surface area (Å²) in [6.45, 7) is 4.55. The molecule has 0 spiro atoms. The van der Waals surface area contributed by atoms with Gasteiger partial charge in [0.05, 0.1) is 19.1 Å². The van der Waals surface area contributed by atoms with Gasteiger partial charge in [-0.15, -0.1) is 11.8 Å². The van der Waals surface area contributed by atoms with Crippen molar-refractivity contribution in [3.63, 3.8) is 0 Å². The first-order valence-corrected chi connectivity index (χ1v) is 9.18. The summed E-state index contributed by atoms with van der Waals surface area (Å²) in [4.78, 5) is 24.8. The smallest absolute Gasteiger partial charge is 0.250 e. The molecule has 2 N–H and O–H groups in total. The molecule has 0 bridgehead atoms. The van der Waals surface area contributed by atoms with Gasteiger partial charge in [-0.3, -0.25) is 9.59 Å². The van der Waals surface area contributed by atoms with Crippen molar-refractivity contribution in [1.82, 2.24) is 9.88 Å². The van der Waals surface area contributed by atoms with Crippen molar-refractivity contribution in [3.8, 4) is 0 Å². The van der Waals surface area contributed by atoms with E-state index in [0.717, 1.165) is 5.56 Å². The van der Waals surface area contributed by atoms with Crippen LogP contribution in [0.3, 0.4) is 0 Å². The average molecular weight is 360 g/mol. The maximum Gasteiger partial charge on any atom is 0.250 e. The Balaban J connectivity index is 1.78. The van der Waals surface area contributed by atoms with E-state index in [1.807, 2.05) is 24.3 Å². The molecule has 1 atom stereocenters. The van der Waals surface area contributed by atoms with E-state index in [2.05, 4.69) is 19.2 Å². The van der Waals surface area contributed by atoms with Gasteiger partial charge < -0.3 is 15.0 Å². The molecule has 0 radical (unpaired) electrons. The molecule has 2 aromatic rings. The van der Waals surface area contributed by atoms with Crippen LogP contribution in [-0.4, -0.2) is 33.5 Å². The molecule has 6 heteroatoms. The largest absolute Gasteiger partial charge is 0.389 e. The maximum atomic E-state index is 12.0. The van der Waals surface area contributed by atoms with Crippen molar-refractivity contribution in [3.05, 3.63) is 64.6 Å². The summed E-state index contributed by atoms with van der Waals surface area (Å²) in [5, 5.41) is 13.2. The number of hydrogen-bond donors (Lipinski definition) is 2. The molecule has 2 rings (SSSR count). The number of aromatic nitrogens is 1. The van der Waals surface area contributed by atoms with Crippen LogP contribution >= 0.6 is 11.8 Å². The molecule has 1 heterocycles. The fraction of sp³-hybridized carbons (Fsp3) is 0.368. The number of thioether (sulfide) groups is 1. The zero-order chi connectivity index (χ0) is 18.2. The predicted octanol–water partition coefficient (Wildman–Crippen LogP) is 2.07. The zero-order valence-electron chi connectivity index (χ0n) is 14.5. The molecule has 0 aliphatic heterocycles. The number of pyridine rings is 1. The monoisotopic (exact) mass is 360 g/mol. The van der Waals surface area contributed by atoms with Gasteiger partial charge in [0.15, 0.2) is 0 Å². The summed E-state index contributed by atoms with van der Waals surface area (Å²) in [6, 6.07) is 12.8. The average Bonchev–Trinajstić information content (AvgIpc) is 2.56. The summed E-state index contributed by atoms with van der Waals surface area (Å²) >= 11 is 1.78. The number of nitrogens with zero attached hydrogens (tertiary/aromatic N) is 1. The van der Waals surface area contributed by atoms with E-state index >= 15 is 0 Å². The van der Waals surface area contributed by atoms with Gasteiger partial charge in [0, 0.05) is 29.0 Å². The molecular formula is C19H24N2O3S. The highest BCUT2D eigenvalue weighted by molar-refractivity contribution is 7.99. The summed E-state index contributed by atoms with van der Waals surface area (Å²) in [5.74, 6) is -0.149. The normalized spacial score (nSPS) is 12.2. The fourth-order valence-electron chi connectivity index (χ4n) is 2.34. The van der Waals surface area contributed by atoms with Crippen LogP contribution in [0.2, 0.25) is 0 Å². The standard InChI is InChI=1S/C19H24N2O3S/c1-14(2)25-17-8-6-15(7-9-17)11-18(23)20-12-16(22)13-21-10-4-3-5-19(21)24/h3-10,14,16,22H,11-13H2,1-2H3,(H,20,23). The minimum absolute atomic E-state index is 0.113. The molecule has 0 aliphatic carbocycles. The molecule has 0 saturated carbocycles. The summed E-state index contributed by atoms with van der Waals surface area (Å²) in [7, 11) is 0. The van der Waals surface area contributed by atoms with Crippen molar-refractivity contribution >= 4 is 17.7 Å². The van der Waals surface area contributed by atoms with Crippen LogP contribution in [0.4, 0.5) is 0 Å². The molecular weight excluding hydrogens is 336 g/mol. The number of hydrogen-bond acceptors (Lipinski definition) is 4. The van der Waals surface area contributed by atoms with Crippen LogP contribution in [-0.2, 0) is 17.8 Å². The Morgan fingerprint density at radius 1 is 1.20 bits per heavy atom. The number of benzene rings is 1. The number of aliphatic hydroxyl groups is 1. The molecule has 1 unspecified atom stereocenters. The molecule has 134 valence electrons. The molecule has 1 aromatic carbocycles. The van der Waals surface area contributed by atoms with E-state index in [0.29, 0.717) is 5.25 Å². The van der Waals surface area contributed by atoms with Crippen molar-refractivity contribution in [1.29, 1.82) is 0 Å². The molecule has 0 fully saturated rings. The molecule has 1 aromatic heterocycles. The summed E-state index contributed by atoms with van der Waals surface area (Å²) < 4.78 is 1.42. The van der Waals surface area contributed by atoms with Gasteiger partial charge in [-0.1, -0.05) is 32.0 Å². The van der Waals surface area contributed by atoms with E-state index in [1.54, 1.807) is 30.1 Å². The number of rotatable bonds is 8. The summed E-state index contributed by atoms with van der Waals surface area (Å²) in [5.41, 5.74) is 0.756. The lowest BCUT2D eigenvalue weighted by atomic mass is 10.1. The molecule has 0 aliphatic rings. The van der Waals surface area contributed by atoms with Gasteiger partial charge in [-0.25, -0.2) is 0 Å². The third kappa shape index (κ3) is 6.76. The molecule has 5 nitrogen and oxygen atoms in total. The van der Waals surface area contributed by atoms with Crippen LogP contribution in [0.15, 0.2) is 58.4 Å². The first-order valence-electron chi connectivity index (χ1n) is 8.30. The Kier molecular flexibility index (Phi) is 7.28. The van der Waals surface area contributed by atoms with Gasteiger partial charge in [0.2, 0.25) is 5.91 Å². The van der Waals surface area contributed by atoms with Crippen LogP contribution in [0.5, 0.6) is 0 Å². The highest BCUT2D eigenvalue weighted by atomic mass is 32.2. The Bertz CT molecular complexity index is 741. The highest BCUT2D eigenvalue weighted by Gasteiger charge is 2.09. The summed E-state index contributed by atoms with van der Waals surface area (Å²) in [6.07, 6.45) is 1.07. The number of carbonyl (C=O) groups is 1. The Labute approximate surface area is 152 Å². The second-order valence-corrected chi connectivity index (χ2v) is 7.79. The van der Waals surface area contributed by atoms with Gasteiger partial charge >= 0.3 is 0 Å². The SMILES string of the molecule is CC(C)Sc1ccc(CC(=O)NCC(O)Cn2ccccc2=O)cc1. The number of amides is 1. The Hall–Kier alpha value is -2.05. The molecule has 0 saturated heterocycles. The van der Waals surface area contributed by atoms with Crippen molar-refractivity contribution in [2.45, 2.75) is 43.1 Å². The van der Waals surface area contributed by atoms with E-state index < -0.39 is 6.10 Å². The van der Waals surface area contributed by atoms with E-state index in [-0.39, 0.29) is 31.0 Å². The highest BCUT2D eigenvalue weighted by Crippen LogP contribution is 2.22. The fourth-order valence-corrected chi connectivity index (χ4v) is 3.18. The van der Waals surface area contributed by atoms with Crippen LogP contribution in [0.25, 0.3) is 0 Å². The third-order valence-electron chi connectivity index (χ3n) is 3.50. The zero-order valence-corrected chi connectivity index (χ0v) is 15.3. The predicted molar refractivity (Wildman–Crippen MR) is 101 cm³/mol. The lowest BCUT2D eigenvalue weighted by Gasteiger charge is -2.13. The van der Waals surface area contributed by atoms with Crippen LogP contribution in [0, 0.1) is 0 Å². The molecule has 1 amide bonds. The van der Waals surface area contributed by atoms with E-state index in [4.69, 9.17) is 0 Å². The minimum atomic E-state index is -0.811. The van der Waals surface area contributed by atoms with Crippen molar-refractivity contribution in [2.24, 2.45) is 0 Å². The first kappa shape index (κ1) is 19.3. The van der Waals surface area contributed by atoms with Crippen molar-refractivity contribution < 1.29 is 9.90 Å². The molecule has 25 heavy (non-hydrogen) atoms. The minimum Gasteiger partial charge on any atom is -0.389 e. The number of carbonyl (C=O) groups excluding carboxylic acids is 1. The van der Waals surface area contributed by atoms with Crippen LogP contribution < -0.4 is 10.9 Å². The topological polar surface area (TPSA) is 71.3 Å². The van der Waals surface area contributed by atoms with Gasteiger partial charge in [-0.05, 0) is 23.8 Å². The Morgan fingerprint density at radius 3 is 2.56 bits per heavy atom. The van der Waals surface area contributed by atoms with Crippen molar-refractivity contribution in [2.75, 3.05) is 6.54 Å². The third-order valence-corrected chi connectivity index (χ3v) is 4.52. The van der Waals surface area contributed by atoms with E-state index in [1.165, 1.54) is 15.5 Å². The number of aliphatic hydroxyl groups excluding tert-OH is 1. The van der Waals surface area contributed by atoms with Gasteiger partial charge in [0.1, 0.15) is 0 Å². The first-order chi connectivity index (χ1) is 11.9. The van der Waals surface area contributed by atoms with Gasteiger partial charge in [0.25, 0.3) is 5.56 Å². The lowest BCUT2D eigenvalue weighted by Crippen LogP contribution is -2.37. The second kappa shape index (κ2) is 9.44. The maximum absolute atomic E-state index is 12.0. The van der Waals surface area contributed by atoms with Gasteiger partial charge in [-0.2, -0.15) is 0 Å². The lowest BCUT2D eigenvalue weighted by molar-refractivity contribution is -0.120. The second-order valence-electron chi connectivity index (χ2n) is 6.14. The number of nitrogens with one attached hydrogen (secondary N) is 1. The Morgan fingerprint density at radius 2 is 1.92 bits per heavy atom. The van der Waals surface area contributed by atoms with E-state index in [9.17, 15) is 14.7 Å². The van der Waals surface area contributed by atoms with Crippen LogP contribution in [0.1, 0.15) is 19.4 Å². The quantitative estimate of drug-likeness (QED) is 0.707.